The second-order valence-electron chi connectivity index (χ2n) is 26.6. The molecule has 0 saturated carbocycles. The number of aliphatic imine (C=N–C) groups is 4. The largest absolute Gasteiger partial charge is 0.434 e. The van der Waals surface area contributed by atoms with Crippen molar-refractivity contribution in [1.82, 2.24) is 38.2 Å². The molecule has 4 unspecified atom stereocenters. The van der Waals surface area contributed by atoms with Crippen LogP contribution in [-0.2, 0) is 28.7 Å². The number of aromatic nitrogens is 8. The Kier molecular flexibility index (Phi) is 21.4. The number of benzene rings is 6. The van der Waals surface area contributed by atoms with Gasteiger partial charge in [0, 0.05) is 44.5 Å². The van der Waals surface area contributed by atoms with Crippen molar-refractivity contribution in [1.29, 1.82) is 0 Å². The Hall–Kier alpha value is -13.1. The van der Waals surface area contributed by atoms with Crippen molar-refractivity contribution >= 4 is 57.5 Å². The number of ether oxygens (including phenoxy) is 4. The van der Waals surface area contributed by atoms with Crippen molar-refractivity contribution in [2.75, 3.05) is 40.0 Å². The summed E-state index contributed by atoms with van der Waals surface area (Å²) in [5.74, 6) is 10.2. The molecule has 12 aromatic rings. The molecule has 0 spiro atoms. The molecule has 24 heteroatoms. The highest BCUT2D eigenvalue weighted by atomic mass is 32.1. The van der Waals surface area contributed by atoms with E-state index in [1.165, 1.54) is 22.7 Å². The van der Waals surface area contributed by atoms with Gasteiger partial charge in [0.15, 0.2) is 25.0 Å². The zero-order valence-corrected chi connectivity index (χ0v) is 63.9. The topological polar surface area (TPSA) is 229 Å². The molecule has 4 atom stereocenters. The normalized spacial score (nSPS) is 15.4. The number of nitrogens with zero attached hydrogens (tertiary/aromatic N) is 12. The first-order valence-corrected chi connectivity index (χ1v) is 37.6. The first kappa shape index (κ1) is 74.3. The molecule has 0 saturated heterocycles. The number of esters is 2. The van der Waals surface area contributed by atoms with Crippen molar-refractivity contribution in [2.24, 2.45) is 20.0 Å². The van der Waals surface area contributed by atoms with Crippen LogP contribution in [0.5, 0.6) is 11.8 Å². The Morgan fingerprint density at radius 1 is 0.393 bits per heavy atom. The third kappa shape index (κ3) is 14.4. The van der Waals surface area contributed by atoms with E-state index in [1.54, 1.807) is 25.3 Å². The summed E-state index contributed by atoms with van der Waals surface area (Å²) >= 11 is 3.00. The van der Waals surface area contributed by atoms with E-state index in [4.69, 9.17) is 84.2 Å². The number of fused-ring (bicyclic) bond motifs is 12. The molecule has 22 nitrogen and oxygen atoms in total. The standard InChI is InChI=1S/C46H38N6O5.C42H34N6O5S2/c1-7-32-17-19-38-36(23-32)40(34-15-11-9-13-28(34)3)49-30(5)43-42(47-25-51(38)43)46(53)55-27-54-21-22-56-57-45-44-31(6)50-41(35-16-12-10-14-29(35)4)37-24-33(8-2)18-20-39(37)52(44)26-48-45;1-7-28-19-32-39(54-28)34(30-15-11-9-13-24(30)3)45-26(5)37-36(43-21-47(32)37)42(49)51-23-50-17-18-52-53-41-38-27(6)46-35(31-16-12-10-14-25(31)4)40-33(48(38)22-44-41)20-29(8-2)55-40/h1-2,9-20,23-26,30-31H,21-22,27H2,3-6H3;1-2,9-16,19-22,26-27H,17-18,23H2,3-6H3. The summed E-state index contributed by atoms with van der Waals surface area (Å²) in [6, 6.07) is 46.3. The van der Waals surface area contributed by atoms with Gasteiger partial charge in [-0.05, 0) is 126 Å². The van der Waals surface area contributed by atoms with Crippen molar-refractivity contribution in [3.05, 3.63) is 291 Å². The van der Waals surface area contributed by atoms with Gasteiger partial charge in [-0.2, -0.15) is 19.7 Å². The van der Waals surface area contributed by atoms with Crippen molar-refractivity contribution in [2.45, 2.75) is 79.6 Å². The molecule has 0 N–H and O–H groups in total. The van der Waals surface area contributed by atoms with E-state index in [-0.39, 0.29) is 75.2 Å². The maximum Gasteiger partial charge on any atom is 0.361 e. The van der Waals surface area contributed by atoms with Crippen LogP contribution in [0.4, 0.5) is 0 Å². The molecular formula is C88H72N12O10S2. The Morgan fingerprint density at radius 2 is 0.732 bits per heavy atom. The molecule has 112 heavy (non-hydrogen) atoms. The molecule has 4 aliphatic rings. The highest BCUT2D eigenvalue weighted by molar-refractivity contribution is 7.15. The van der Waals surface area contributed by atoms with Crippen molar-refractivity contribution in [3.63, 3.8) is 0 Å². The van der Waals surface area contributed by atoms with E-state index in [0.29, 0.717) is 17.1 Å². The van der Waals surface area contributed by atoms with E-state index < -0.39 is 24.0 Å². The smallest absolute Gasteiger partial charge is 0.361 e. The lowest BCUT2D eigenvalue weighted by Gasteiger charge is -2.13. The average Bonchev–Trinajstić information content (AvgIpc) is 1.59. The molecule has 0 aliphatic carbocycles. The van der Waals surface area contributed by atoms with E-state index in [2.05, 4.69) is 81.7 Å². The summed E-state index contributed by atoms with van der Waals surface area (Å²) in [5.41, 5.74) is 21.2. The zero-order valence-electron chi connectivity index (χ0n) is 62.3. The van der Waals surface area contributed by atoms with Gasteiger partial charge in [-0.25, -0.2) is 19.6 Å². The van der Waals surface area contributed by atoms with Gasteiger partial charge in [-0.15, -0.1) is 48.4 Å². The minimum Gasteiger partial charge on any atom is -0.434 e. The SMILES string of the molecule is C#Cc1cc2c(s1)C(c1ccccc1C)=NC(C)c1c(OOCCOCOC(=O)c3ncn4c3C(C)N=C(c3ccccc3C)c3sc(C#C)cc3-4)ncn1-2.C#Cc1ccc2c(c1)C(c1ccccc1C)=NC(C)c1c(OOCCOCOC(=O)c3ncn4c3C(C)N=C(c3ccccc3C)c3cc(C#C)ccc3-4)ncn1-2. The molecular weight excluding hydrogens is 1450 g/mol. The lowest BCUT2D eigenvalue weighted by atomic mass is 9.95. The minimum absolute atomic E-state index is 0.0296. The van der Waals surface area contributed by atoms with E-state index in [0.717, 1.165) is 138 Å². The van der Waals surface area contributed by atoms with Crippen LogP contribution < -0.4 is 9.78 Å². The number of carbonyl (C=O) groups is 2. The van der Waals surface area contributed by atoms with Crippen LogP contribution in [0.2, 0.25) is 0 Å². The summed E-state index contributed by atoms with van der Waals surface area (Å²) in [4.78, 5) is 90.9. The zero-order chi connectivity index (χ0) is 77.8. The average molecular weight is 1520 g/mol. The maximum absolute atomic E-state index is 13.4. The van der Waals surface area contributed by atoms with Gasteiger partial charge in [0.2, 0.25) is 0 Å². The number of carbonyl (C=O) groups excluding carboxylic acids is 2. The molecule has 4 aliphatic heterocycles. The predicted octanol–water partition coefficient (Wildman–Crippen LogP) is 15.3. The van der Waals surface area contributed by atoms with Gasteiger partial charge >= 0.3 is 11.9 Å². The first-order valence-electron chi connectivity index (χ1n) is 35.9. The Bertz CT molecular complexity index is 6030. The fourth-order valence-corrected chi connectivity index (χ4v) is 16.0. The second-order valence-corrected chi connectivity index (χ2v) is 28.7. The molecule has 556 valence electrons. The first-order chi connectivity index (χ1) is 54.5. The molecule has 0 radical (unpaired) electrons. The number of imidazole rings is 4. The summed E-state index contributed by atoms with van der Waals surface area (Å²) in [7, 11) is 0. The Labute approximate surface area is 654 Å². The van der Waals surface area contributed by atoms with E-state index in [9.17, 15) is 9.59 Å². The van der Waals surface area contributed by atoms with E-state index >= 15 is 0 Å². The highest BCUT2D eigenvalue weighted by Gasteiger charge is 2.35. The second kappa shape index (κ2) is 32.2. The summed E-state index contributed by atoms with van der Waals surface area (Å²) in [6.07, 6.45) is 29.8. The van der Waals surface area contributed by atoms with E-state index in [1.807, 2.05) is 181 Å². The van der Waals surface area contributed by atoms with Crippen LogP contribution in [0, 0.1) is 77.1 Å². The van der Waals surface area contributed by atoms with Crippen molar-refractivity contribution in [3.8, 4) is 83.9 Å². The third-order valence-corrected chi connectivity index (χ3v) is 21.6. The summed E-state index contributed by atoms with van der Waals surface area (Å²) in [5, 5.41) is 0. The number of thiophene rings is 2. The predicted molar refractivity (Wildman–Crippen MR) is 428 cm³/mol. The molecule has 16 rings (SSSR count). The monoisotopic (exact) mass is 1520 g/mol. The van der Waals surface area contributed by atoms with Gasteiger partial charge in [0.05, 0.1) is 114 Å². The third-order valence-electron chi connectivity index (χ3n) is 19.5. The number of hydrogen-bond acceptors (Lipinski definition) is 20. The quantitative estimate of drug-likeness (QED) is 0.0173. The van der Waals surface area contributed by atoms with Crippen LogP contribution in [0.1, 0.15) is 182 Å². The lowest BCUT2D eigenvalue weighted by Crippen LogP contribution is -2.15. The number of aryl methyl sites for hydroxylation is 4. The van der Waals surface area contributed by atoms with Crippen LogP contribution >= 0.6 is 22.7 Å². The van der Waals surface area contributed by atoms with Crippen LogP contribution in [0.15, 0.2) is 191 Å². The molecule has 0 fully saturated rings. The van der Waals surface area contributed by atoms with Gasteiger partial charge in [-0.3, -0.25) is 38.2 Å². The van der Waals surface area contributed by atoms with Crippen LogP contribution in [0.25, 0.3) is 22.7 Å². The van der Waals surface area contributed by atoms with Crippen LogP contribution in [0.3, 0.4) is 0 Å². The Morgan fingerprint density at radius 3 is 1.12 bits per heavy atom. The molecule has 0 bridgehead atoms. The molecule has 6 aromatic heterocycles. The molecule has 0 amide bonds. The summed E-state index contributed by atoms with van der Waals surface area (Å²) in [6.45, 7) is 15.6. The van der Waals surface area contributed by atoms with Crippen molar-refractivity contribution < 1.29 is 48.1 Å². The fraction of sp³-hybridized carbons (Fsp3) is 0.205. The number of rotatable bonds is 20. The lowest BCUT2D eigenvalue weighted by molar-refractivity contribution is -0.221. The minimum atomic E-state index is -0.640. The Balaban J connectivity index is 0.000000177. The maximum atomic E-state index is 13.4. The van der Waals surface area contributed by atoms with Crippen LogP contribution in [-0.4, -0.2) is 113 Å². The molecule has 10 heterocycles. The van der Waals surface area contributed by atoms with Gasteiger partial charge in [0.25, 0.3) is 11.8 Å². The fourth-order valence-electron chi connectivity index (χ4n) is 14.1. The van der Waals surface area contributed by atoms with Gasteiger partial charge in [-0.1, -0.05) is 121 Å². The highest BCUT2D eigenvalue weighted by Crippen LogP contribution is 2.43. The molecule has 6 aromatic carbocycles. The number of terminal acetylenes is 4. The van der Waals surface area contributed by atoms with Gasteiger partial charge in [0.1, 0.15) is 49.9 Å². The number of hydrogen-bond donors (Lipinski definition) is 0. The summed E-state index contributed by atoms with van der Waals surface area (Å²) < 4.78 is 29.8. The van der Waals surface area contributed by atoms with Gasteiger partial charge < -0.3 is 28.7 Å².